The van der Waals surface area contributed by atoms with Gasteiger partial charge in [0.1, 0.15) is 0 Å². The third kappa shape index (κ3) is 1.58. The largest absolute Gasteiger partial charge is 0.390 e. The molecule has 66 valence electrons. The van der Waals surface area contributed by atoms with Crippen molar-refractivity contribution in [2.24, 2.45) is 11.3 Å². The van der Waals surface area contributed by atoms with Crippen LogP contribution in [0.2, 0.25) is 0 Å². The molecule has 0 aromatic carbocycles. The van der Waals surface area contributed by atoms with Crippen molar-refractivity contribution in [3.8, 4) is 0 Å². The first-order valence-electron chi connectivity index (χ1n) is 4.59. The van der Waals surface area contributed by atoms with Gasteiger partial charge in [-0.15, -0.1) is 0 Å². The Morgan fingerprint density at radius 2 is 1.73 bits per heavy atom. The van der Waals surface area contributed by atoms with E-state index in [-0.39, 0.29) is 0 Å². The number of hydrogen-bond donors (Lipinski definition) is 1. The van der Waals surface area contributed by atoms with Gasteiger partial charge in [-0.3, -0.25) is 0 Å². The molecule has 0 aromatic heterocycles. The third-order valence-electron chi connectivity index (χ3n) is 3.61. The normalized spacial score (nSPS) is 43.9. The maximum Gasteiger partial charge on any atom is 0.0650 e. The molecule has 2 unspecified atom stereocenters. The van der Waals surface area contributed by atoms with Crippen LogP contribution in [0.15, 0.2) is 0 Å². The first kappa shape index (κ1) is 9.05. The smallest absolute Gasteiger partial charge is 0.0650 e. The predicted octanol–water partition coefficient (Wildman–Crippen LogP) is 2.58. The monoisotopic (exact) mass is 156 g/mol. The molecule has 0 aromatic rings. The summed E-state index contributed by atoms with van der Waals surface area (Å²) in [5.41, 5.74) is -0.108. The first-order valence-corrected chi connectivity index (χ1v) is 4.59. The molecule has 1 N–H and O–H groups in total. The van der Waals surface area contributed by atoms with Crippen LogP contribution in [0.25, 0.3) is 0 Å². The standard InChI is InChI=1S/C10H20O/c1-8-9(2,3)6-5-7-10(8,4)11/h8,11H,5-7H2,1-4H3. The van der Waals surface area contributed by atoms with Gasteiger partial charge in [-0.1, -0.05) is 27.2 Å². The van der Waals surface area contributed by atoms with Gasteiger partial charge >= 0.3 is 0 Å². The SMILES string of the molecule is CC1C(C)(C)CCCC1(C)O. The van der Waals surface area contributed by atoms with Crippen LogP contribution in [-0.2, 0) is 0 Å². The van der Waals surface area contributed by atoms with E-state index in [9.17, 15) is 5.11 Å². The highest BCUT2D eigenvalue weighted by Gasteiger charge is 2.42. The van der Waals surface area contributed by atoms with Gasteiger partial charge in [-0.05, 0) is 31.1 Å². The maximum absolute atomic E-state index is 9.98. The first-order chi connectivity index (χ1) is 4.86. The van der Waals surface area contributed by atoms with Crippen molar-refractivity contribution in [3.05, 3.63) is 0 Å². The van der Waals surface area contributed by atoms with Crippen molar-refractivity contribution < 1.29 is 5.11 Å². The average Bonchev–Trinajstić information content (AvgIpc) is 1.82. The van der Waals surface area contributed by atoms with Crippen molar-refractivity contribution in [2.45, 2.75) is 52.6 Å². The van der Waals surface area contributed by atoms with Crippen LogP contribution in [0.3, 0.4) is 0 Å². The molecule has 1 heteroatoms. The second-order valence-corrected chi connectivity index (χ2v) is 4.92. The highest BCUT2D eigenvalue weighted by atomic mass is 16.3. The summed E-state index contributed by atoms with van der Waals surface area (Å²) in [6.07, 6.45) is 3.40. The minimum Gasteiger partial charge on any atom is -0.390 e. The van der Waals surface area contributed by atoms with E-state index < -0.39 is 5.60 Å². The van der Waals surface area contributed by atoms with Crippen LogP contribution >= 0.6 is 0 Å². The van der Waals surface area contributed by atoms with Gasteiger partial charge in [-0.2, -0.15) is 0 Å². The van der Waals surface area contributed by atoms with Gasteiger partial charge < -0.3 is 5.11 Å². The number of rotatable bonds is 0. The van der Waals surface area contributed by atoms with Crippen LogP contribution < -0.4 is 0 Å². The molecule has 1 aliphatic carbocycles. The Bertz CT molecular complexity index is 131. The van der Waals surface area contributed by atoms with Crippen LogP contribution in [0.5, 0.6) is 0 Å². The molecule has 0 amide bonds. The molecule has 1 saturated carbocycles. The maximum atomic E-state index is 9.98. The minimum atomic E-state index is -0.429. The highest BCUT2D eigenvalue weighted by molar-refractivity contribution is 4.93. The van der Waals surface area contributed by atoms with Crippen LogP contribution in [-0.4, -0.2) is 10.7 Å². The molecule has 11 heavy (non-hydrogen) atoms. The van der Waals surface area contributed by atoms with Gasteiger partial charge in [-0.25, -0.2) is 0 Å². The molecule has 1 fully saturated rings. The molecule has 0 radical (unpaired) electrons. The fourth-order valence-electron chi connectivity index (χ4n) is 2.18. The van der Waals surface area contributed by atoms with Crippen molar-refractivity contribution in [3.63, 3.8) is 0 Å². The van der Waals surface area contributed by atoms with Crippen molar-refractivity contribution in [1.29, 1.82) is 0 Å². The van der Waals surface area contributed by atoms with Crippen molar-refractivity contribution in [2.75, 3.05) is 0 Å². The van der Waals surface area contributed by atoms with Crippen LogP contribution in [0.1, 0.15) is 47.0 Å². The van der Waals surface area contributed by atoms with E-state index in [4.69, 9.17) is 0 Å². The van der Waals surface area contributed by atoms with E-state index in [0.29, 0.717) is 11.3 Å². The van der Waals surface area contributed by atoms with Gasteiger partial charge in [0.25, 0.3) is 0 Å². The molecule has 2 atom stereocenters. The lowest BCUT2D eigenvalue weighted by molar-refractivity contribution is -0.0799. The summed E-state index contributed by atoms with van der Waals surface area (Å²) in [5, 5.41) is 9.98. The summed E-state index contributed by atoms with van der Waals surface area (Å²) in [6.45, 7) is 8.65. The zero-order valence-electron chi connectivity index (χ0n) is 8.15. The minimum absolute atomic E-state index is 0.321. The molecule has 0 saturated heterocycles. The van der Waals surface area contributed by atoms with E-state index in [2.05, 4.69) is 20.8 Å². The van der Waals surface area contributed by atoms with Gasteiger partial charge in [0.05, 0.1) is 5.60 Å². The molecule has 0 spiro atoms. The molecule has 1 nitrogen and oxygen atoms in total. The van der Waals surface area contributed by atoms with E-state index in [1.54, 1.807) is 0 Å². The molecule has 1 rings (SSSR count). The van der Waals surface area contributed by atoms with Crippen LogP contribution in [0.4, 0.5) is 0 Å². The Morgan fingerprint density at radius 1 is 1.18 bits per heavy atom. The van der Waals surface area contributed by atoms with E-state index >= 15 is 0 Å². The Balaban J connectivity index is 2.76. The van der Waals surface area contributed by atoms with Crippen molar-refractivity contribution in [1.82, 2.24) is 0 Å². The Hall–Kier alpha value is -0.0400. The second kappa shape index (κ2) is 2.48. The van der Waals surface area contributed by atoms with Crippen molar-refractivity contribution >= 4 is 0 Å². The molecule has 0 bridgehead atoms. The van der Waals surface area contributed by atoms with E-state index in [1.807, 2.05) is 6.92 Å². The van der Waals surface area contributed by atoms with Gasteiger partial charge in [0.15, 0.2) is 0 Å². The lowest BCUT2D eigenvalue weighted by Gasteiger charge is -2.46. The van der Waals surface area contributed by atoms with Gasteiger partial charge in [0.2, 0.25) is 0 Å². The topological polar surface area (TPSA) is 20.2 Å². The summed E-state index contributed by atoms with van der Waals surface area (Å²) < 4.78 is 0. The second-order valence-electron chi connectivity index (χ2n) is 4.92. The lowest BCUT2D eigenvalue weighted by Crippen LogP contribution is -2.45. The van der Waals surface area contributed by atoms with E-state index in [1.165, 1.54) is 12.8 Å². The summed E-state index contributed by atoms with van der Waals surface area (Å²) in [5.74, 6) is 0.420. The number of aliphatic hydroxyl groups is 1. The lowest BCUT2D eigenvalue weighted by atomic mass is 9.63. The molecular weight excluding hydrogens is 136 g/mol. The molecule has 1 aliphatic rings. The molecular formula is C10H20O. The van der Waals surface area contributed by atoms with Gasteiger partial charge in [0, 0.05) is 0 Å². The fourth-order valence-corrected chi connectivity index (χ4v) is 2.18. The summed E-state index contributed by atoms with van der Waals surface area (Å²) >= 11 is 0. The molecule has 0 aliphatic heterocycles. The Labute approximate surface area is 69.8 Å². The Morgan fingerprint density at radius 3 is 2.09 bits per heavy atom. The summed E-state index contributed by atoms with van der Waals surface area (Å²) in [7, 11) is 0. The summed E-state index contributed by atoms with van der Waals surface area (Å²) in [4.78, 5) is 0. The number of hydrogen-bond acceptors (Lipinski definition) is 1. The van der Waals surface area contributed by atoms with Crippen LogP contribution in [0, 0.1) is 11.3 Å². The quantitative estimate of drug-likeness (QED) is 0.571. The zero-order chi connectivity index (χ0) is 8.70. The summed E-state index contributed by atoms with van der Waals surface area (Å²) in [6, 6.07) is 0. The third-order valence-corrected chi connectivity index (χ3v) is 3.61. The van der Waals surface area contributed by atoms with E-state index in [0.717, 1.165) is 6.42 Å². The zero-order valence-corrected chi connectivity index (χ0v) is 8.15. The Kier molecular flexibility index (Phi) is 2.04. The average molecular weight is 156 g/mol. The fraction of sp³-hybridized carbons (Fsp3) is 1.00. The highest BCUT2D eigenvalue weighted by Crippen LogP contribution is 2.45. The molecule has 0 heterocycles. The predicted molar refractivity (Wildman–Crippen MR) is 47.4 cm³/mol.